The van der Waals surface area contributed by atoms with Crippen molar-refractivity contribution in [3.8, 4) is 0 Å². The number of rotatable bonds is 4. The average Bonchev–Trinajstić information content (AvgIpc) is 2.63. The van der Waals surface area contributed by atoms with Crippen molar-refractivity contribution in [1.29, 1.82) is 0 Å². The highest BCUT2D eigenvalue weighted by atomic mass is 16.4. The second kappa shape index (κ2) is 4.69. The van der Waals surface area contributed by atoms with Crippen LogP contribution in [0.3, 0.4) is 0 Å². The fourth-order valence-corrected chi connectivity index (χ4v) is 1.77. The number of aryl methyl sites for hydroxylation is 1. The molecule has 19 heavy (non-hydrogen) atoms. The third-order valence-electron chi connectivity index (χ3n) is 2.81. The molecule has 0 aliphatic rings. The van der Waals surface area contributed by atoms with Crippen molar-refractivity contribution in [2.24, 2.45) is 12.8 Å². The summed E-state index contributed by atoms with van der Waals surface area (Å²) in [6.07, 6.45) is -0.443. The molecule has 2 aromatic rings. The average molecular weight is 264 g/mol. The maximum Gasteiger partial charge on any atom is 0.419 e. The number of Topliss-reactive ketones (excluding diaryl/α,β-unsaturated/α-hetero) is 1. The van der Waals surface area contributed by atoms with Gasteiger partial charge in [-0.25, -0.2) is 4.79 Å². The molecule has 0 amide bonds. The van der Waals surface area contributed by atoms with Crippen molar-refractivity contribution in [3.05, 3.63) is 34.3 Å². The summed E-state index contributed by atoms with van der Waals surface area (Å²) in [5.41, 5.74) is 6.58. The van der Waals surface area contributed by atoms with Crippen LogP contribution in [-0.2, 0) is 11.8 Å². The molecule has 100 valence electrons. The van der Waals surface area contributed by atoms with Gasteiger partial charge in [0.25, 0.3) is 0 Å². The molecule has 7 heteroatoms. The van der Waals surface area contributed by atoms with Crippen molar-refractivity contribution in [1.82, 2.24) is 4.57 Å². The molecule has 1 aromatic heterocycles. The van der Waals surface area contributed by atoms with Crippen molar-refractivity contribution in [2.75, 3.05) is 0 Å². The molecule has 7 nitrogen and oxygen atoms in total. The largest absolute Gasteiger partial charge is 0.481 e. The van der Waals surface area contributed by atoms with Crippen LogP contribution >= 0.6 is 0 Å². The van der Waals surface area contributed by atoms with Crippen LogP contribution in [0.15, 0.2) is 27.4 Å². The van der Waals surface area contributed by atoms with Gasteiger partial charge in [-0.2, -0.15) is 0 Å². The molecule has 0 aliphatic heterocycles. The Balaban J connectivity index is 2.40. The van der Waals surface area contributed by atoms with Crippen LogP contribution in [0.2, 0.25) is 0 Å². The van der Waals surface area contributed by atoms with Gasteiger partial charge in [0.05, 0.1) is 18.0 Å². The van der Waals surface area contributed by atoms with E-state index in [0.717, 1.165) is 0 Å². The Bertz CT molecular complexity index is 712. The SMILES string of the molecule is Cn1c(=O)oc2ccc(C(=O)C(N)CC(=O)O)cc21. The molecule has 0 radical (unpaired) electrons. The first-order chi connectivity index (χ1) is 8.90. The van der Waals surface area contributed by atoms with Crippen LogP contribution in [-0.4, -0.2) is 27.5 Å². The first-order valence-corrected chi connectivity index (χ1v) is 5.51. The zero-order valence-electron chi connectivity index (χ0n) is 10.1. The summed E-state index contributed by atoms with van der Waals surface area (Å²) in [5.74, 6) is -2.16. The molecule has 0 bridgehead atoms. The molecule has 0 saturated carbocycles. The lowest BCUT2D eigenvalue weighted by Gasteiger charge is -2.07. The van der Waals surface area contributed by atoms with Crippen molar-refractivity contribution in [3.63, 3.8) is 0 Å². The number of carboxylic acids is 1. The number of benzene rings is 1. The third kappa shape index (κ3) is 2.41. The number of hydrogen-bond donors (Lipinski definition) is 2. The third-order valence-corrected chi connectivity index (χ3v) is 2.81. The van der Waals surface area contributed by atoms with Gasteiger partial charge >= 0.3 is 11.7 Å². The molecule has 0 aliphatic carbocycles. The van der Waals surface area contributed by atoms with Crippen LogP contribution in [0.5, 0.6) is 0 Å². The van der Waals surface area contributed by atoms with Crippen LogP contribution in [0.4, 0.5) is 0 Å². The molecular weight excluding hydrogens is 252 g/mol. The quantitative estimate of drug-likeness (QED) is 0.757. The van der Waals surface area contributed by atoms with Crippen molar-refractivity contribution >= 4 is 22.9 Å². The Labute approximate surface area is 107 Å². The van der Waals surface area contributed by atoms with Crippen molar-refractivity contribution < 1.29 is 19.1 Å². The maximum absolute atomic E-state index is 11.9. The first-order valence-electron chi connectivity index (χ1n) is 5.51. The Morgan fingerprint density at radius 3 is 2.79 bits per heavy atom. The first kappa shape index (κ1) is 13.0. The minimum Gasteiger partial charge on any atom is -0.481 e. The molecule has 1 unspecified atom stereocenters. The lowest BCUT2D eigenvalue weighted by Crippen LogP contribution is -2.32. The highest BCUT2D eigenvalue weighted by Gasteiger charge is 2.20. The standard InChI is InChI=1S/C12H12N2O5/c1-14-8-4-6(2-3-9(8)19-12(14)18)11(17)7(13)5-10(15)16/h2-4,7H,5,13H2,1H3,(H,15,16). The number of aliphatic carboxylic acids is 1. The van der Waals surface area contributed by atoms with Gasteiger partial charge in [-0.05, 0) is 18.2 Å². The summed E-state index contributed by atoms with van der Waals surface area (Å²) in [5, 5.41) is 8.61. The summed E-state index contributed by atoms with van der Waals surface area (Å²) in [4.78, 5) is 33.8. The van der Waals surface area contributed by atoms with Crippen LogP contribution in [0.25, 0.3) is 11.1 Å². The number of ketones is 1. The summed E-state index contributed by atoms with van der Waals surface area (Å²) >= 11 is 0. The number of carboxylic acid groups (broad SMARTS) is 1. The van der Waals surface area contributed by atoms with E-state index in [-0.39, 0.29) is 5.56 Å². The number of oxazole rings is 1. The predicted octanol–water partition coefficient (Wildman–Crippen LogP) is 0.116. The van der Waals surface area contributed by atoms with E-state index in [2.05, 4.69) is 0 Å². The van der Waals surface area contributed by atoms with Crippen LogP contribution in [0, 0.1) is 0 Å². The van der Waals surface area contributed by atoms with E-state index in [4.69, 9.17) is 15.3 Å². The number of nitrogens with zero attached hydrogens (tertiary/aromatic N) is 1. The molecular formula is C12H12N2O5. The van der Waals surface area contributed by atoms with E-state index in [1.807, 2.05) is 0 Å². The molecule has 1 atom stereocenters. The number of carbonyl (C=O) groups is 2. The van der Waals surface area contributed by atoms with Gasteiger partial charge in [-0.1, -0.05) is 0 Å². The van der Waals surface area contributed by atoms with Gasteiger partial charge in [0.15, 0.2) is 11.4 Å². The molecule has 0 saturated heterocycles. The fourth-order valence-electron chi connectivity index (χ4n) is 1.77. The Hall–Kier alpha value is -2.41. The highest BCUT2D eigenvalue weighted by Crippen LogP contribution is 2.15. The minimum atomic E-state index is -1.14. The fraction of sp³-hybridized carbons (Fsp3) is 0.250. The zero-order valence-corrected chi connectivity index (χ0v) is 10.1. The van der Waals surface area contributed by atoms with Gasteiger partial charge < -0.3 is 15.3 Å². The number of aromatic nitrogens is 1. The van der Waals surface area contributed by atoms with E-state index >= 15 is 0 Å². The summed E-state index contributed by atoms with van der Waals surface area (Å²) in [7, 11) is 1.51. The van der Waals surface area contributed by atoms with Gasteiger partial charge in [0, 0.05) is 12.6 Å². The van der Waals surface area contributed by atoms with E-state index < -0.39 is 30.0 Å². The monoisotopic (exact) mass is 264 g/mol. The van der Waals surface area contributed by atoms with E-state index in [9.17, 15) is 14.4 Å². The maximum atomic E-state index is 11.9. The van der Waals surface area contributed by atoms with Crippen LogP contribution < -0.4 is 11.5 Å². The smallest absolute Gasteiger partial charge is 0.419 e. The van der Waals surface area contributed by atoms with Crippen molar-refractivity contribution in [2.45, 2.75) is 12.5 Å². The Morgan fingerprint density at radius 1 is 1.47 bits per heavy atom. The predicted molar refractivity (Wildman–Crippen MR) is 66.0 cm³/mol. The minimum absolute atomic E-state index is 0.248. The highest BCUT2D eigenvalue weighted by molar-refractivity contribution is 6.03. The van der Waals surface area contributed by atoms with E-state index in [1.54, 1.807) is 0 Å². The summed E-state index contributed by atoms with van der Waals surface area (Å²) in [6, 6.07) is 3.29. The van der Waals surface area contributed by atoms with Crippen LogP contribution in [0.1, 0.15) is 16.8 Å². The van der Waals surface area contributed by atoms with Gasteiger partial charge in [0.2, 0.25) is 0 Å². The second-order valence-corrected chi connectivity index (χ2v) is 4.18. The lowest BCUT2D eigenvalue weighted by molar-refractivity contribution is -0.137. The molecule has 1 heterocycles. The van der Waals surface area contributed by atoms with Gasteiger partial charge in [-0.15, -0.1) is 0 Å². The number of fused-ring (bicyclic) bond motifs is 1. The normalized spacial score (nSPS) is 12.5. The lowest BCUT2D eigenvalue weighted by atomic mass is 10.0. The summed E-state index contributed by atoms with van der Waals surface area (Å²) in [6.45, 7) is 0. The summed E-state index contributed by atoms with van der Waals surface area (Å²) < 4.78 is 6.19. The topological polar surface area (TPSA) is 116 Å². The zero-order chi connectivity index (χ0) is 14.2. The molecule has 2 rings (SSSR count). The molecule has 0 fully saturated rings. The Morgan fingerprint density at radius 2 is 2.16 bits per heavy atom. The Kier molecular flexibility index (Phi) is 3.22. The van der Waals surface area contributed by atoms with E-state index in [1.165, 1.54) is 29.8 Å². The molecule has 3 N–H and O–H groups in total. The molecule has 0 spiro atoms. The van der Waals surface area contributed by atoms with Gasteiger partial charge in [-0.3, -0.25) is 14.2 Å². The number of hydrogen-bond acceptors (Lipinski definition) is 5. The molecule has 1 aromatic carbocycles. The van der Waals surface area contributed by atoms with Gasteiger partial charge in [0.1, 0.15) is 0 Å². The second-order valence-electron chi connectivity index (χ2n) is 4.18. The van der Waals surface area contributed by atoms with E-state index in [0.29, 0.717) is 11.1 Å². The number of carbonyl (C=O) groups excluding carboxylic acids is 1. The number of nitrogens with two attached hydrogens (primary N) is 1.